The van der Waals surface area contributed by atoms with E-state index in [0.29, 0.717) is 17.9 Å². The van der Waals surface area contributed by atoms with Crippen molar-refractivity contribution in [3.8, 4) is 17.6 Å². The Bertz CT molecular complexity index is 423. The average Bonchev–Trinajstić information content (AvgIpc) is 2.60. The molecule has 0 amide bonds. The van der Waals surface area contributed by atoms with Crippen molar-refractivity contribution in [2.45, 2.75) is 13.3 Å². The van der Waals surface area contributed by atoms with E-state index in [1.165, 1.54) is 0 Å². The molecule has 1 aliphatic rings. The summed E-state index contributed by atoms with van der Waals surface area (Å²) in [4.78, 5) is 0. The van der Waals surface area contributed by atoms with Gasteiger partial charge >= 0.3 is 0 Å². The van der Waals surface area contributed by atoms with E-state index in [4.69, 9.17) is 14.7 Å². The van der Waals surface area contributed by atoms with E-state index in [1.54, 1.807) is 0 Å². The number of nitriles is 1. The zero-order valence-electron chi connectivity index (χ0n) is 7.63. The Kier molecular flexibility index (Phi) is 2.34. The lowest BCUT2D eigenvalue weighted by Gasteiger charge is -2.07. The van der Waals surface area contributed by atoms with E-state index in [-0.39, 0.29) is 6.79 Å². The summed E-state index contributed by atoms with van der Waals surface area (Å²) in [5.74, 6) is 1.43. The lowest BCUT2D eigenvalue weighted by Crippen LogP contribution is -1.95. The predicted octanol–water partition coefficient (Wildman–Crippen LogP) is 2.55. The molecule has 0 bridgehead atoms. The second-order valence-corrected chi connectivity index (χ2v) is 3.88. The molecule has 1 aliphatic heterocycles. The molecule has 0 fully saturated rings. The van der Waals surface area contributed by atoms with E-state index in [1.807, 2.05) is 13.0 Å². The molecule has 3 nitrogen and oxygen atoms in total. The predicted molar refractivity (Wildman–Crippen MR) is 54.3 cm³/mol. The van der Waals surface area contributed by atoms with Gasteiger partial charge in [-0.05, 0) is 18.6 Å². The number of hydrogen-bond donors (Lipinski definition) is 0. The van der Waals surface area contributed by atoms with Crippen molar-refractivity contribution in [1.29, 1.82) is 5.26 Å². The van der Waals surface area contributed by atoms with Crippen LogP contribution in [0.5, 0.6) is 11.5 Å². The van der Waals surface area contributed by atoms with Crippen LogP contribution in [0.25, 0.3) is 0 Å². The highest BCUT2D eigenvalue weighted by Crippen LogP contribution is 2.41. The maximum Gasteiger partial charge on any atom is 0.231 e. The molecule has 14 heavy (non-hydrogen) atoms. The lowest BCUT2D eigenvalue weighted by molar-refractivity contribution is 0.173. The van der Waals surface area contributed by atoms with Crippen LogP contribution >= 0.6 is 15.9 Å². The minimum atomic E-state index is 0.240. The summed E-state index contributed by atoms with van der Waals surface area (Å²) in [5.41, 5.74) is 1.95. The second-order valence-electron chi connectivity index (χ2n) is 3.03. The quantitative estimate of drug-likeness (QED) is 0.773. The van der Waals surface area contributed by atoms with Crippen LogP contribution in [0.1, 0.15) is 11.1 Å². The maximum atomic E-state index is 8.70. The molecule has 0 N–H and O–H groups in total. The standard InChI is InChI=1S/C10H8BrNO2/c1-6-7(2-3-12)10-9(4-8(6)11)13-5-14-10/h4H,2,5H2,1H3. The van der Waals surface area contributed by atoms with Crippen LogP contribution in [0.15, 0.2) is 10.5 Å². The van der Waals surface area contributed by atoms with Gasteiger partial charge in [-0.15, -0.1) is 0 Å². The van der Waals surface area contributed by atoms with Crippen molar-refractivity contribution in [2.75, 3.05) is 6.79 Å². The van der Waals surface area contributed by atoms with Crippen molar-refractivity contribution < 1.29 is 9.47 Å². The maximum absolute atomic E-state index is 8.70. The number of benzene rings is 1. The molecule has 0 aliphatic carbocycles. The van der Waals surface area contributed by atoms with Gasteiger partial charge in [-0.2, -0.15) is 5.26 Å². The fourth-order valence-electron chi connectivity index (χ4n) is 1.46. The third kappa shape index (κ3) is 1.34. The summed E-state index contributed by atoms with van der Waals surface area (Å²) < 4.78 is 11.5. The fraction of sp³-hybridized carbons (Fsp3) is 0.300. The van der Waals surface area contributed by atoms with Gasteiger partial charge in [-0.1, -0.05) is 15.9 Å². The minimum Gasteiger partial charge on any atom is -0.454 e. The van der Waals surface area contributed by atoms with Crippen molar-refractivity contribution in [3.05, 3.63) is 21.7 Å². The van der Waals surface area contributed by atoms with E-state index in [9.17, 15) is 0 Å². The highest BCUT2D eigenvalue weighted by atomic mass is 79.9. The van der Waals surface area contributed by atoms with Crippen LogP contribution in [-0.4, -0.2) is 6.79 Å². The first-order valence-corrected chi connectivity index (χ1v) is 4.98. The Balaban J connectivity index is 2.61. The molecule has 0 aromatic heterocycles. The first-order valence-electron chi connectivity index (χ1n) is 4.18. The Morgan fingerprint density at radius 1 is 1.57 bits per heavy atom. The summed E-state index contributed by atoms with van der Waals surface area (Å²) in [7, 11) is 0. The van der Waals surface area contributed by atoms with Gasteiger partial charge in [0.05, 0.1) is 12.5 Å². The van der Waals surface area contributed by atoms with Crippen LogP contribution in [0.3, 0.4) is 0 Å². The van der Waals surface area contributed by atoms with Crippen LogP contribution in [0, 0.1) is 18.3 Å². The summed E-state index contributed by atoms with van der Waals surface area (Å²) in [5, 5.41) is 8.70. The first-order chi connectivity index (χ1) is 6.74. The van der Waals surface area contributed by atoms with Gasteiger partial charge in [-0.3, -0.25) is 0 Å². The van der Waals surface area contributed by atoms with Gasteiger partial charge in [0.1, 0.15) is 0 Å². The Labute approximate surface area is 90.4 Å². The molecule has 1 aromatic rings. The molecular weight excluding hydrogens is 246 g/mol. The van der Waals surface area contributed by atoms with Gasteiger partial charge in [0.25, 0.3) is 0 Å². The number of halogens is 1. The number of hydrogen-bond acceptors (Lipinski definition) is 3. The highest BCUT2D eigenvalue weighted by molar-refractivity contribution is 9.10. The van der Waals surface area contributed by atoms with Crippen LogP contribution in [0.4, 0.5) is 0 Å². The van der Waals surface area contributed by atoms with Crippen molar-refractivity contribution in [1.82, 2.24) is 0 Å². The molecule has 1 aromatic carbocycles. The van der Waals surface area contributed by atoms with Crippen molar-refractivity contribution >= 4 is 15.9 Å². The number of rotatable bonds is 1. The zero-order valence-corrected chi connectivity index (χ0v) is 9.22. The first kappa shape index (κ1) is 9.35. The molecular formula is C10H8BrNO2. The van der Waals surface area contributed by atoms with E-state index in [2.05, 4.69) is 22.0 Å². The SMILES string of the molecule is Cc1c(Br)cc2c(c1CC#N)OCO2. The third-order valence-electron chi connectivity index (χ3n) is 2.24. The zero-order chi connectivity index (χ0) is 10.1. The Morgan fingerprint density at radius 2 is 2.36 bits per heavy atom. The van der Waals surface area contributed by atoms with Gasteiger partial charge in [0, 0.05) is 10.0 Å². The lowest BCUT2D eigenvalue weighted by atomic mass is 10.0. The van der Waals surface area contributed by atoms with E-state index in [0.717, 1.165) is 15.6 Å². The molecule has 0 radical (unpaired) electrons. The second kappa shape index (κ2) is 3.50. The Morgan fingerprint density at radius 3 is 3.07 bits per heavy atom. The van der Waals surface area contributed by atoms with E-state index >= 15 is 0 Å². The minimum absolute atomic E-state index is 0.240. The van der Waals surface area contributed by atoms with E-state index < -0.39 is 0 Å². The topological polar surface area (TPSA) is 42.2 Å². The van der Waals surface area contributed by atoms with Crippen molar-refractivity contribution in [2.24, 2.45) is 0 Å². The monoisotopic (exact) mass is 253 g/mol. The molecule has 4 heteroatoms. The summed E-state index contributed by atoms with van der Waals surface area (Å²) in [6, 6.07) is 4.00. The van der Waals surface area contributed by atoms with Gasteiger partial charge in [-0.25, -0.2) is 0 Å². The van der Waals surface area contributed by atoms with Crippen LogP contribution < -0.4 is 9.47 Å². The smallest absolute Gasteiger partial charge is 0.231 e. The fourth-order valence-corrected chi connectivity index (χ4v) is 1.91. The molecule has 2 rings (SSSR count). The largest absolute Gasteiger partial charge is 0.454 e. The van der Waals surface area contributed by atoms with Crippen molar-refractivity contribution in [3.63, 3.8) is 0 Å². The summed E-state index contributed by atoms with van der Waals surface area (Å²) in [6.07, 6.45) is 0.344. The highest BCUT2D eigenvalue weighted by Gasteiger charge is 2.21. The number of nitrogens with zero attached hydrogens (tertiary/aromatic N) is 1. The van der Waals surface area contributed by atoms with Gasteiger partial charge in [0.2, 0.25) is 6.79 Å². The number of ether oxygens (including phenoxy) is 2. The molecule has 1 heterocycles. The van der Waals surface area contributed by atoms with Crippen LogP contribution in [-0.2, 0) is 6.42 Å². The molecule has 72 valence electrons. The molecule has 0 atom stereocenters. The average molecular weight is 254 g/mol. The van der Waals surface area contributed by atoms with Gasteiger partial charge in [0.15, 0.2) is 11.5 Å². The molecule has 0 spiro atoms. The normalized spacial score (nSPS) is 12.6. The van der Waals surface area contributed by atoms with Crippen LogP contribution in [0.2, 0.25) is 0 Å². The third-order valence-corrected chi connectivity index (χ3v) is 3.06. The summed E-state index contributed by atoms with van der Waals surface area (Å²) in [6.45, 7) is 2.20. The van der Waals surface area contributed by atoms with Gasteiger partial charge < -0.3 is 9.47 Å². The molecule has 0 saturated carbocycles. The molecule has 0 saturated heterocycles. The molecule has 0 unspecified atom stereocenters. The Hall–Kier alpha value is -1.21. The number of fused-ring (bicyclic) bond motifs is 1. The summed E-state index contributed by atoms with van der Waals surface area (Å²) >= 11 is 3.42.